The Bertz CT molecular complexity index is 998. The van der Waals surface area contributed by atoms with Crippen molar-refractivity contribution in [2.45, 2.75) is 6.92 Å². The number of aromatic nitrogens is 2. The summed E-state index contributed by atoms with van der Waals surface area (Å²) in [5.41, 5.74) is 2.29. The summed E-state index contributed by atoms with van der Waals surface area (Å²) in [5.74, 6) is 0.742. The Morgan fingerprint density at radius 1 is 1.32 bits per heavy atom. The quantitative estimate of drug-likeness (QED) is 0.504. The van der Waals surface area contributed by atoms with Gasteiger partial charge < -0.3 is 9.72 Å². The van der Waals surface area contributed by atoms with Crippen LogP contribution in [0.15, 0.2) is 39.3 Å². The smallest absolute Gasteiger partial charge is 0.149 e. The van der Waals surface area contributed by atoms with E-state index in [0.29, 0.717) is 34.8 Å². The zero-order valence-corrected chi connectivity index (χ0v) is 16.3. The van der Waals surface area contributed by atoms with Gasteiger partial charge in [0.1, 0.15) is 23.5 Å². The Kier molecular flexibility index (Phi) is 5.21. The van der Waals surface area contributed by atoms with Crippen LogP contribution in [0, 0.1) is 17.1 Å². The fraction of sp³-hybridized carbons (Fsp3) is 0.111. The molecule has 0 spiro atoms. The summed E-state index contributed by atoms with van der Waals surface area (Å²) in [6, 6.07) is 10.1. The first-order valence-corrected chi connectivity index (χ1v) is 8.99. The SMILES string of the molecule is CCOc1c(Br)cc(/C=C(/C#N)c2nc3ccc(F)cc3[nH]2)cc1Br. The third kappa shape index (κ3) is 3.75. The fourth-order valence-corrected chi connectivity index (χ4v) is 3.83. The van der Waals surface area contributed by atoms with E-state index in [1.54, 1.807) is 12.1 Å². The number of imidazole rings is 1. The first-order valence-electron chi connectivity index (χ1n) is 7.41. The van der Waals surface area contributed by atoms with Crippen molar-refractivity contribution in [3.8, 4) is 11.8 Å². The standard InChI is InChI=1S/C18H12Br2FN3O/c1-2-25-17-13(19)6-10(7-14(17)20)5-11(9-22)18-23-15-4-3-12(21)8-16(15)24-18/h3-8H,2H2,1H3,(H,23,24)/b11-5-. The summed E-state index contributed by atoms with van der Waals surface area (Å²) in [7, 11) is 0. The summed E-state index contributed by atoms with van der Waals surface area (Å²) in [6.07, 6.45) is 1.71. The number of ether oxygens (including phenoxy) is 1. The number of halogens is 3. The molecule has 0 aliphatic rings. The minimum atomic E-state index is -0.357. The van der Waals surface area contributed by atoms with Crippen LogP contribution in [-0.2, 0) is 0 Å². The molecule has 25 heavy (non-hydrogen) atoms. The molecule has 0 bridgehead atoms. The molecule has 0 aliphatic heterocycles. The van der Waals surface area contributed by atoms with Gasteiger partial charge in [-0.25, -0.2) is 9.37 Å². The van der Waals surface area contributed by atoms with E-state index >= 15 is 0 Å². The molecule has 0 fully saturated rings. The van der Waals surface area contributed by atoms with Crippen LogP contribution in [0.2, 0.25) is 0 Å². The number of hydrogen-bond acceptors (Lipinski definition) is 3. The highest BCUT2D eigenvalue weighted by molar-refractivity contribution is 9.11. The minimum Gasteiger partial charge on any atom is -0.492 e. The predicted octanol–water partition coefficient (Wildman–Crippen LogP) is 5.69. The monoisotopic (exact) mass is 463 g/mol. The highest BCUT2D eigenvalue weighted by Gasteiger charge is 2.11. The van der Waals surface area contributed by atoms with E-state index < -0.39 is 0 Å². The fourth-order valence-electron chi connectivity index (χ4n) is 2.37. The van der Waals surface area contributed by atoms with Gasteiger partial charge >= 0.3 is 0 Å². The van der Waals surface area contributed by atoms with Gasteiger partial charge in [-0.2, -0.15) is 5.26 Å². The van der Waals surface area contributed by atoms with Crippen molar-refractivity contribution in [2.75, 3.05) is 6.61 Å². The van der Waals surface area contributed by atoms with Crippen LogP contribution < -0.4 is 4.74 Å². The average molecular weight is 465 g/mol. The lowest BCUT2D eigenvalue weighted by Gasteiger charge is -2.09. The largest absolute Gasteiger partial charge is 0.492 e. The first-order chi connectivity index (χ1) is 12.0. The third-order valence-electron chi connectivity index (χ3n) is 3.44. The Hall–Kier alpha value is -2.17. The number of allylic oxidation sites excluding steroid dienone is 1. The van der Waals surface area contributed by atoms with E-state index in [1.807, 2.05) is 19.1 Å². The van der Waals surface area contributed by atoms with Crippen LogP contribution in [0.1, 0.15) is 18.3 Å². The highest BCUT2D eigenvalue weighted by atomic mass is 79.9. The van der Waals surface area contributed by atoms with E-state index in [2.05, 4.69) is 47.9 Å². The summed E-state index contributed by atoms with van der Waals surface area (Å²) < 4.78 is 20.4. The minimum absolute atomic E-state index is 0.347. The van der Waals surface area contributed by atoms with Crippen molar-refractivity contribution in [3.63, 3.8) is 0 Å². The first kappa shape index (κ1) is 17.6. The summed E-state index contributed by atoms with van der Waals surface area (Å²) in [4.78, 5) is 7.33. The van der Waals surface area contributed by atoms with Gasteiger partial charge in [0.2, 0.25) is 0 Å². The molecule has 0 saturated carbocycles. The lowest BCUT2D eigenvalue weighted by atomic mass is 10.1. The molecule has 7 heteroatoms. The van der Waals surface area contributed by atoms with Gasteiger partial charge in [-0.3, -0.25) is 0 Å². The molecule has 1 aromatic heterocycles. The van der Waals surface area contributed by atoms with Gasteiger partial charge in [0, 0.05) is 0 Å². The molecule has 0 unspecified atom stereocenters. The molecule has 4 nitrogen and oxygen atoms in total. The summed E-state index contributed by atoms with van der Waals surface area (Å²) in [5, 5.41) is 9.50. The second-order valence-electron chi connectivity index (χ2n) is 5.16. The number of nitriles is 1. The summed E-state index contributed by atoms with van der Waals surface area (Å²) >= 11 is 6.94. The second kappa shape index (κ2) is 7.38. The average Bonchev–Trinajstić information content (AvgIpc) is 2.98. The molecule has 0 amide bonds. The molecule has 126 valence electrons. The Morgan fingerprint density at radius 3 is 2.68 bits per heavy atom. The van der Waals surface area contributed by atoms with Crippen molar-refractivity contribution in [1.29, 1.82) is 5.26 Å². The Morgan fingerprint density at radius 2 is 2.04 bits per heavy atom. The summed E-state index contributed by atoms with van der Waals surface area (Å²) in [6.45, 7) is 2.45. The number of nitrogens with one attached hydrogen (secondary N) is 1. The zero-order valence-electron chi connectivity index (χ0n) is 13.1. The van der Waals surface area contributed by atoms with Gasteiger partial charge in [0.25, 0.3) is 0 Å². The lowest BCUT2D eigenvalue weighted by molar-refractivity contribution is 0.336. The number of nitrogens with zero attached hydrogens (tertiary/aromatic N) is 2. The van der Waals surface area contributed by atoms with Crippen LogP contribution in [-0.4, -0.2) is 16.6 Å². The van der Waals surface area contributed by atoms with Crippen LogP contribution >= 0.6 is 31.9 Å². The molecular formula is C18H12Br2FN3O. The van der Waals surface area contributed by atoms with E-state index in [0.717, 1.165) is 14.5 Å². The molecule has 2 aromatic carbocycles. The maximum Gasteiger partial charge on any atom is 0.149 e. The Labute approximate surface area is 160 Å². The topological polar surface area (TPSA) is 61.7 Å². The van der Waals surface area contributed by atoms with Gasteiger partial charge in [-0.05, 0) is 80.8 Å². The molecule has 3 rings (SSSR count). The van der Waals surface area contributed by atoms with Crippen molar-refractivity contribution >= 4 is 54.5 Å². The van der Waals surface area contributed by atoms with Crippen molar-refractivity contribution in [1.82, 2.24) is 9.97 Å². The van der Waals surface area contributed by atoms with Crippen molar-refractivity contribution < 1.29 is 9.13 Å². The lowest BCUT2D eigenvalue weighted by Crippen LogP contribution is -1.94. The maximum absolute atomic E-state index is 13.3. The van der Waals surface area contributed by atoms with Gasteiger partial charge in [-0.15, -0.1) is 0 Å². The molecule has 0 radical (unpaired) electrons. The van der Waals surface area contributed by atoms with E-state index in [4.69, 9.17) is 4.74 Å². The van der Waals surface area contributed by atoms with Crippen LogP contribution in [0.5, 0.6) is 5.75 Å². The third-order valence-corrected chi connectivity index (χ3v) is 4.62. The molecule has 0 saturated heterocycles. The second-order valence-corrected chi connectivity index (χ2v) is 6.87. The number of hydrogen-bond donors (Lipinski definition) is 1. The molecule has 3 aromatic rings. The molecule has 1 heterocycles. The number of aromatic amines is 1. The maximum atomic E-state index is 13.3. The highest BCUT2D eigenvalue weighted by Crippen LogP contribution is 2.35. The number of fused-ring (bicyclic) bond motifs is 1. The Balaban J connectivity index is 2.04. The number of H-pyrrole nitrogens is 1. The molecule has 1 N–H and O–H groups in total. The number of benzene rings is 2. The molecular weight excluding hydrogens is 453 g/mol. The van der Waals surface area contributed by atoms with Crippen LogP contribution in [0.3, 0.4) is 0 Å². The van der Waals surface area contributed by atoms with E-state index in [1.165, 1.54) is 12.1 Å². The van der Waals surface area contributed by atoms with Crippen molar-refractivity contribution in [2.24, 2.45) is 0 Å². The number of rotatable bonds is 4. The normalized spacial score (nSPS) is 11.6. The van der Waals surface area contributed by atoms with Crippen molar-refractivity contribution in [3.05, 3.63) is 56.5 Å². The molecule has 0 atom stereocenters. The van der Waals surface area contributed by atoms with Gasteiger partial charge in [0.15, 0.2) is 0 Å². The predicted molar refractivity (Wildman–Crippen MR) is 103 cm³/mol. The van der Waals surface area contributed by atoms with E-state index in [-0.39, 0.29) is 5.82 Å². The van der Waals surface area contributed by atoms with Crippen LogP contribution in [0.4, 0.5) is 4.39 Å². The zero-order chi connectivity index (χ0) is 18.0. The van der Waals surface area contributed by atoms with E-state index in [9.17, 15) is 9.65 Å². The van der Waals surface area contributed by atoms with Crippen LogP contribution in [0.25, 0.3) is 22.7 Å². The van der Waals surface area contributed by atoms with Gasteiger partial charge in [-0.1, -0.05) is 0 Å². The van der Waals surface area contributed by atoms with Gasteiger partial charge in [0.05, 0.1) is 32.2 Å². The molecule has 0 aliphatic carbocycles.